The Bertz CT molecular complexity index is 1280. The molecular weight excluding hydrogens is 475 g/mol. The number of fused-ring (bicyclic) bond motifs is 1. The molecule has 2 fully saturated rings. The number of aromatic nitrogens is 4. The van der Waals surface area contributed by atoms with E-state index < -0.39 is 28.6 Å². The summed E-state index contributed by atoms with van der Waals surface area (Å²) in [4.78, 5) is 25.4. The number of benzene rings is 1. The van der Waals surface area contributed by atoms with E-state index in [1.165, 1.54) is 6.20 Å². The number of hydrogen-bond acceptors (Lipinski definition) is 7. The SMILES string of the molecule is CC1(C(N)=O)CCC(n2c(Nc3c(F)cc(F)cc3F)nc3cnc(N[C@H]4CC[C@H](O)C4)nc32)CC1. The van der Waals surface area contributed by atoms with Crippen LogP contribution in [0.3, 0.4) is 0 Å². The molecule has 0 spiro atoms. The highest BCUT2D eigenvalue weighted by molar-refractivity contribution is 5.80. The summed E-state index contributed by atoms with van der Waals surface area (Å²) in [6.07, 6.45) is 5.41. The minimum absolute atomic E-state index is 0.0276. The molecule has 2 aromatic heterocycles. The Morgan fingerprint density at radius 3 is 2.44 bits per heavy atom. The first kappa shape index (κ1) is 24.3. The lowest BCUT2D eigenvalue weighted by Crippen LogP contribution is -2.38. The lowest BCUT2D eigenvalue weighted by molar-refractivity contribution is -0.128. The smallest absolute Gasteiger partial charge is 0.224 e. The zero-order valence-electron chi connectivity index (χ0n) is 19.8. The van der Waals surface area contributed by atoms with Crippen LogP contribution in [0.2, 0.25) is 0 Å². The maximum Gasteiger partial charge on any atom is 0.224 e. The third-order valence-electron chi connectivity index (χ3n) is 7.43. The molecule has 1 aromatic carbocycles. The lowest BCUT2D eigenvalue weighted by atomic mass is 9.73. The van der Waals surface area contributed by atoms with Crippen LogP contribution in [0.1, 0.15) is 57.9 Å². The van der Waals surface area contributed by atoms with Gasteiger partial charge in [-0.3, -0.25) is 9.36 Å². The van der Waals surface area contributed by atoms with Crippen LogP contribution in [0, 0.1) is 22.9 Å². The second kappa shape index (κ2) is 9.23. The van der Waals surface area contributed by atoms with E-state index in [4.69, 9.17) is 5.73 Å². The Labute approximate surface area is 205 Å². The summed E-state index contributed by atoms with van der Waals surface area (Å²) in [5, 5.41) is 15.8. The Hall–Kier alpha value is -3.41. The Kier molecular flexibility index (Phi) is 6.23. The van der Waals surface area contributed by atoms with Crippen molar-refractivity contribution in [3.05, 3.63) is 35.8 Å². The third-order valence-corrected chi connectivity index (χ3v) is 7.43. The fraction of sp³-hybridized carbons (Fsp3) is 0.500. The number of amides is 1. The summed E-state index contributed by atoms with van der Waals surface area (Å²) in [6.45, 7) is 1.83. The first-order valence-electron chi connectivity index (χ1n) is 12.0. The number of carbonyl (C=O) groups excluding carboxylic acids is 1. The molecule has 5 N–H and O–H groups in total. The molecular formula is C24H28F3N7O2. The molecule has 36 heavy (non-hydrogen) atoms. The number of carbonyl (C=O) groups is 1. The number of anilines is 3. The van der Waals surface area contributed by atoms with Crippen LogP contribution in [0.5, 0.6) is 0 Å². The summed E-state index contributed by atoms with van der Waals surface area (Å²) < 4.78 is 44.1. The molecule has 1 amide bonds. The average Bonchev–Trinajstić information content (AvgIpc) is 3.39. The van der Waals surface area contributed by atoms with Crippen molar-refractivity contribution in [2.24, 2.45) is 11.1 Å². The maximum atomic E-state index is 14.5. The summed E-state index contributed by atoms with van der Waals surface area (Å²) in [5.74, 6) is -3.09. The van der Waals surface area contributed by atoms with Crippen molar-refractivity contribution < 1.29 is 23.1 Å². The summed E-state index contributed by atoms with van der Waals surface area (Å²) >= 11 is 0. The number of aliphatic hydroxyl groups excluding tert-OH is 1. The van der Waals surface area contributed by atoms with Gasteiger partial charge >= 0.3 is 0 Å². The van der Waals surface area contributed by atoms with Gasteiger partial charge in [-0.05, 0) is 44.9 Å². The molecule has 3 aromatic rings. The standard InChI is InChI=1S/C24H28F3N7O2/c1-24(21(28)36)6-4-14(5-7-24)34-20-18(11-29-22(33-20)30-13-2-3-15(35)10-13)31-23(34)32-19-16(26)8-12(25)9-17(19)27/h8-9,11,13-15,35H,2-7,10H2,1H3,(H2,28,36)(H,31,32)(H,29,30,33)/t13-,14?,15-,24?/m0/s1. The van der Waals surface area contributed by atoms with Gasteiger partial charge in [0.05, 0.1) is 12.3 Å². The molecule has 2 atom stereocenters. The summed E-state index contributed by atoms with van der Waals surface area (Å²) in [5.41, 5.74) is 5.29. The number of hydrogen-bond donors (Lipinski definition) is 4. The lowest BCUT2D eigenvalue weighted by Gasteiger charge is -2.35. The van der Waals surface area contributed by atoms with Gasteiger partial charge in [-0.25, -0.2) is 23.1 Å². The Morgan fingerprint density at radius 1 is 1.14 bits per heavy atom. The van der Waals surface area contributed by atoms with Gasteiger partial charge in [0.15, 0.2) is 17.3 Å². The van der Waals surface area contributed by atoms with Gasteiger partial charge < -0.3 is 21.5 Å². The van der Waals surface area contributed by atoms with Crippen molar-refractivity contribution in [2.75, 3.05) is 10.6 Å². The predicted molar refractivity (Wildman–Crippen MR) is 127 cm³/mol. The number of nitrogens with zero attached hydrogens (tertiary/aromatic N) is 4. The summed E-state index contributed by atoms with van der Waals surface area (Å²) in [6, 6.07) is 1.02. The average molecular weight is 504 g/mol. The molecule has 9 nitrogen and oxygen atoms in total. The van der Waals surface area contributed by atoms with Gasteiger partial charge in [-0.1, -0.05) is 6.92 Å². The van der Waals surface area contributed by atoms with Gasteiger partial charge in [0.1, 0.15) is 17.0 Å². The van der Waals surface area contributed by atoms with Crippen molar-refractivity contribution in [2.45, 2.75) is 70.1 Å². The van der Waals surface area contributed by atoms with Crippen LogP contribution in [-0.2, 0) is 4.79 Å². The number of aliphatic hydroxyl groups is 1. The Morgan fingerprint density at radius 2 is 1.83 bits per heavy atom. The van der Waals surface area contributed by atoms with E-state index in [0.717, 1.165) is 6.42 Å². The van der Waals surface area contributed by atoms with Gasteiger partial charge in [-0.15, -0.1) is 0 Å². The van der Waals surface area contributed by atoms with E-state index in [2.05, 4.69) is 25.6 Å². The van der Waals surface area contributed by atoms with Gasteiger partial charge in [0.2, 0.25) is 17.8 Å². The normalized spacial score (nSPS) is 26.3. The minimum Gasteiger partial charge on any atom is -0.393 e. The predicted octanol–water partition coefficient (Wildman–Crippen LogP) is 3.92. The van der Waals surface area contributed by atoms with Crippen molar-refractivity contribution in [3.63, 3.8) is 0 Å². The molecule has 192 valence electrons. The topological polar surface area (TPSA) is 131 Å². The Balaban J connectivity index is 1.53. The second-order valence-electron chi connectivity index (χ2n) is 10.0. The number of rotatable bonds is 6. The van der Waals surface area contributed by atoms with Crippen LogP contribution in [-0.4, -0.2) is 42.7 Å². The maximum absolute atomic E-state index is 14.5. The van der Waals surface area contributed by atoms with Gasteiger partial charge in [-0.2, -0.15) is 4.98 Å². The van der Waals surface area contributed by atoms with Crippen LogP contribution in [0.25, 0.3) is 11.2 Å². The number of nitrogens with two attached hydrogens (primary N) is 1. The molecule has 0 unspecified atom stereocenters. The van der Waals surface area contributed by atoms with Crippen LogP contribution >= 0.6 is 0 Å². The largest absolute Gasteiger partial charge is 0.393 e. The quantitative estimate of drug-likeness (QED) is 0.401. The molecule has 2 heterocycles. The molecule has 2 aliphatic carbocycles. The van der Waals surface area contributed by atoms with Crippen molar-refractivity contribution in [3.8, 4) is 0 Å². The van der Waals surface area contributed by atoms with E-state index in [9.17, 15) is 23.1 Å². The molecule has 0 aliphatic heterocycles. The molecule has 2 saturated carbocycles. The zero-order valence-corrected chi connectivity index (χ0v) is 19.8. The number of imidazole rings is 1. The molecule has 2 aliphatic rings. The highest BCUT2D eigenvalue weighted by atomic mass is 19.1. The number of primary amides is 1. The number of nitrogens with one attached hydrogen (secondary N) is 2. The molecule has 0 bridgehead atoms. The fourth-order valence-corrected chi connectivity index (χ4v) is 5.18. The second-order valence-corrected chi connectivity index (χ2v) is 10.0. The van der Waals surface area contributed by atoms with Crippen LogP contribution in [0.4, 0.5) is 30.8 Å². The van der Waals surface area contributed by atoms with E-state index in [-0.39, 0.29) is 30.0 Å². The van der Waals surface area contributed by atoms with E-state index in [1.807, 2.05) is 6.92 Å². The molecule has 0 radical (unpaired) electrons. The summed E-state index contributed by atoms with van der Waals surface area (Å²) in [7, 11) is 0. The number of halogens is 3. The van der Waals surface area contributed by atoms with Gasteiger partial charge in [0.25, 0.3) is 0 Å². The minimum atomic E-state index is -1.09. The van der Waals surface area contributed by atoms with Crippen molar-refractivity contribution in [1.82, 2.24) is 19.5 Å². The molecule has 5 rings (SSSR count). The highest BCUT2D eigenvalue weighted by Crippen LogP contribution is 2.43. The van der Waals surface area contributed by atoms with Crippen molar-refractivity contribution >= 4 is 34.7 Å². The van der Waals surface area contributed by atoms with Crippen LogP contribution < -0.4 is 16.4 Å². The third kappa shape index (κ3) is 4.57. The first-order valence-corrected chi connectivity index (χ1v) is 12.0. The highest BCUT2D eigenvalue weighted by Gasteiger charge is 2.38. The fourth-order valence-electron chi connectivity index (χ4n) is 5.18. The first-order chi connectivity index (χ1) is 17.1. The zero-order chi connectivity index (χ0) is 25.6. The van der Waals surface area contributed by atoms with E-state index in [1.54, 1.807) is 4.57 Å². The van der Waals surface area contributed by atoms with E-state index in [0.29, 0.717) is 67.8 Å². The van der Waals surface area contributed by atoms with Crippen LogP contribution in [0.15, 0.2) is 18.3 Å². The molecule has 0 saturated heterocycles. The van der Waals surface area contributed by atoms with Gasteiger partial charge in [0, 0.05) is 29.6 Å². The van der Waals surface area contributed by atoms with Crippen molar-refractivity contribution in [1.29, 1.82) is 0 Å². The van der Waals surface area contributed by atoms with E-state index >= 15 is 0 Å². The monoisotopic (exact) mass is 503 g/mol. The molecule has 12 heteroatoms.